The molecule has 3 nitrogen and oxygen atoms in total. The molecule has 1 aliphatic heterocycles. The molecule has 4 atom stereocenters. The second-order valence-electron chi connectivity index (χ2n) is 5.10. The number of aliphatic imine (C=N–C) groups is 1. The Labute approximate surface area is 83.5 Å². The number of esters is 1. The first kappa shape index (κ1) is 8.45. The van der Waals surface area contributed by atoms with Gasteiger partial charge in [0.15, 0.2) is 0 Å². The molecule has 0 amide bonds. The number of rotatable bonds is 1. The maximum Gasteiger partial charge on any atom is 0.306 e. The molecule has 0 aromatic carbocycles. The fraction of sp³-hybridized carbons (Fsp3) is 0.818. The van der Waals surface area contributed by atoms with Crippen molar-refractivity contribution in [2.24, 2.45) is 22.2 Å². The van der Waals surface area contributed by atoms with Crippen LogP contribution >= 0.6 is 0 Å². The summed E-state index contributed by atoms with van der Waals surface area (Å²) in [5.74, 6) is 1.32. The van der Waals surface area contributed by atoms with Crippen LogP contribution in [-0.4, -0.2) is 25.3 Å². The molecular formula is C11H15NO2. The maximum absolute atomic E-state index is 11.2. The zero-order chi connectivity index (χ0) is 9.76. The third-order valence-corrected chi connectivity index (χ3v) is 4.36. The fourth-order valence-electron chi connectivity index (χ4n) is 3.85. The van der Waals surface area contributed by atoms with Crippen LogP contribution in [0.5, 0.6) is 0 Å². The van der Waals surface area contributed by atoms with Crippen molar-refractivity contribution in [3.8, 4) is 0 Å². The summed E-state index contributed by atoms with van der Waals surface area (Å²) in [6.45, 7) is 4.30. The molecule has 14 heavy (non-hydrogen) atoms. The summed E-state index contributed by atoms with van der Waals surface area (Å²) in [4.78, 5) is 15.4. The van der Waals surface area contributed by atoms with E-state index >= 15 is 0 Å². The zero-order valence-electron chi connectivity index (χ0n) is 8.24. The average Bonchev–Trinajstić information content (AvgIpc) is 2.80. The van der Waals surface area contributed by atoms with E-state index in [0.717, 1.165) is 5.92 Å². The first-order chi connectivity index (χ1) is 6.73. The molecular weight excluding hydrogens is 178 g/mol. The molecule has 2 aliphatic carbocycles. The van der Waals surface area contributed by atoms with Crippen molar-refractivity contribution in [2.45, 2.75) is 31.7 Å². The summed E-state index contributed by atoms with van der Waals surface area (Å²) in [7, 11) is 0. The van der Waals surface area contributed by atoms with Gasteiger partial charge in [-0.3, -0.25) is 9.79 Å². The third kappa shape index (κ3) is 0.928. The van der Waals surface area contributed by atoms with Gasteiger partial charge in [0.25, 0.3) is 0 Å². The molecule has 3 aliphatic rings. The van der Waals surface area contributed by atoms with Gasteiger partial charge in [-0.15, -0.1) is 0 Å². The molecule has 76 valence electrons. The molecule has 2 bridgehead atoms. The summed E-state index contributed by atoms with van der Waals surface area (Å²) in [5, 5.41) is 0. The van der Waals surface area contributed by atoms with Crippen molar-refractivity contribution in [1.29, 1.82) is 0 Å². The van der Waals surface area contributed by atoms with Gasteiger partial charge in [0.1, 0.15) is 0 Å². The summed E-state index contributed by atoms with van der Waals surface area (Å²) in [5.41, 5.74) is 0.145. The van der Waals surface area contributed by atoms with Gasteiger partial charge in [-0.2, -0.15) is 0 Å². The lowest BCUT2D eigenvalue weighted by Crippen LogP contribution is -2.35. The molecule has 2 saturated carbocycles. The molecule has 3 rings (SSSR count). The molecule has 1 saturated heterocycles. The van der Waals surface area contributed by atoms with E-state index in [-0.39, 0.29) is 11.4 Å². The molecule has 1 spiro atoms. The molecule has 3 heteroatoms. The predicted molar refractivity (Wildman–Crippen MR) is 52.2 cm³/mol. The van der Waals surface area contributed by atoms with Crippen LogP contribution in [0.3, 0.4) is 0 Å². The number of carbonyl (C=O) groups is 1. The minimum atomic E-state index is -0.0136. The molecule has 0 aromatic rings. The van der Waals surface area contributed by atoms with Gasteiger partial charge >= 0.3 is 5.97 Å². The number of hydrogen-bond acceptors (Lipinski definition) is 3. The van der Waals surface area contributed by atoms with Crippen LogP contribution in [0.4, 0.5) is 0 Å². The van der Waals surface area contributed by atoms with Gasteiger partial charge < -0.3 is 4.74 Å². The second-order valence-corrected chi connectivity index (χ2v) is 5.10. The van der Waals surface area contributed by atoms with Gasteiger partial charge in [0, 0.05) is 5.41 Å². The van der Waals surface area contributed by atoms with Gasteiger partial charge in [-0.05, 0) is 37.8 Å². The van der Waals surface area contributed by atoms with Crippen LogP contribution in [0.25, 0.3) is 0 Å². The highest BCUT2D eigenvalue weighted by Crippen LogP contribution is 2.60. The average molecular weight is 193 g/mol. The van der Waals surface area contributed by atoms with Crippen LogP contribution in [-0.2, 0) is 9.53 Å². The quantitative estimate of drug-likeness (QED) is 0.466. The van der Waals surface area contributed by atoms with E-state index in [1.54, 1.807) is 0 Å². The smallest absolute Gasteiger partial charge is 0.306 e. The Kier molecular flexibility index (Phi) is 1.56. The normalized spacial score (nSPS) is 50.0. The molecule has 0 N–H and O–H groups in total. The first-order valence-corrected chi connectivity index (χ1v) is 5.35. The molecule has 4 unspecified atom stereocenters. The minimum Gasteiger partial charge on any atom is -0.465 e. The van der Waals surface area contributed by atoms with Crippen LogP contribution in [0.15, 0.2) is 4.99 Å². The zero-order valence-corrected chi connectivity index (χ0v) is 8.24. The maximum atomic E-state index is 11.2. The fourth-order valence-corrected chi connectivity index (χ4v) is 3.85. The van der Waals surface area contributed by atoms with Gasteiger partial charge in [0.05, 0.1) is 19.1 Å². The minimum absolute atomic E-state index is 0.0136. The van der Waals surface area contributed by atoms with Crippen LogP contribution in [0.1, 0.15) is 25.7 Å². The van der Waals surface area contributed by atoms with E-state index in [2.05, 4.69) is 11.7 Å². The third-order valence-electron chi connectivity index (χ3n) is 4.36. The number of fused-ring (bicyclic) bond motifs is 3. The molecule has 1 heterocycles. The topological polar surface area (TPSA) is 38.7 Å². The second kappa shape index (κ2) is 2.59. The Morgan fingerprint density at radius 3 is 2.93 bits per heavy atom. The SMILES string of the molecule is C=NC1CC2CC1C1(COC(=O)C1)C2. The Balaban J connectivity index is 1.89. The van der Waals surface area contributed by atoms with Gasteiger partial charge in [-0.25, -0.2) is 0 Å². The monoisotopic (exact) mass is 193 g/mol. The number of carbonyl (C=O) groups excluding carboxylic acids is 1. The summed E-state index contributed by atoms with van der Waals surface area (Å²) in [6, 6.07) is 0.392. The Morgan fingerprint density at radius 1 is 1.50 bits per heavy atom. The van der Waals surface area contributed by atoms with Crippen molar-refractivity contribution in [2.75, 3.05) is 6.61 Å². The largest absolute Gasteiger partial charge is 0.465 e. The van der Waals surface area contributed by atoms with E-state index in [1.165, 1.54) is 19.3 Å². The Morgan fingerprint density at radius 2 is 2.36 bits per heavy atom. The van der Waals surface area contributed by atoms with E-state index < -0.39 is 0 Å². The van der Waals surface area contributed by atoms with E-state index in [4.69, 9.17) is 4.74 Å². The van der Waals surface area contributed by atoms with Crippen molar-refractivity contribution in [1.82, 2.24) is 0 Å². The number of ether oxygens (including phenoxy) is 1. The lowest BCUT2D eigenvalue weighted by atomic mass is 9.70. The van der Waals surface area contributed by atoms with Gasteiger partial charge in [0.2, 0.25) is 0 Å². The van der Waals surface area contributed by atoms with E-state index in [0.29, 0.717) is 25.0 Å². The van der Waals surface area contributed by atoms with Gasteiger partial charge in [-0.1, -0.05) is 0 Å². The Hall–Kier alpha value is -0.860. The molecule has 0 aromatic heterocycles. The van der Waals surface area contributed by atoms with E-state index in [1.807, 2.05) is 0 Å². The lowest BCUT2D eigenvalue weighted by Gasteiger charge is -2.34. The van der Waals surface area contributed by atoms with Crippen molar-refractivity contribution >= 4 is 12.7 Å². The lowest BCUT2D eigenvalue weighted by molar-refractivity contribution is -0.137. The van der Waals surface area contributed by atoms with Crippen molar-refractivity contribution in [3.63, 3.8) is 0 Å². The number of hydrogen-bond donors (Lipinski definition) is 0. The van der Waals surface area contributed by atoms with Crippen LogP contribution < -0.4 is 0 Å². The Bertz CT molecular complexity index is 302. The van der Waals surface area contributed by atoms with Crippen LogP contribution in [0.2, 0.25) is 0 Å². The van der Waals surface area contributed by atoms with Crippen molar-refractivity contribution in [3.05, 3.63) is 0 Å². The predicted octanol–water partition coefficient (Wildman–Crippen LogP) is 1.42. The molecule has 0 radical (unpaired) electrons. The first-order valence-electron chi connectivity index (χ1n) is 5.35. The number of nitrogens with zero attached hydrogens (tertiary/aromatic N) is 1. The summed E-state index contributed by atoms with van der Waals surface area (Å²) < 4.78 is 5.14. The summed E-state index contributed by atoms with van der Waals surface area (Å²) >= 11 is 0. The highest BCUT2D eigenvalue weighted by atomic mass is 16.5. The summed E-state index contributed by atoms with van der Waals surface area (Å²) in [6.07, 6.45) is 4.22. The standard InChI is InChI=1S/C11H15NO2/c1-12-9-3-7-2-8(9)11(4-7)5-10(13)14-6-11/h7-9H,1-6H2. The molecule has 3 fully saturated rings. The van der Waals surface area contributed by atoms with E-state index in [9.17, 15) is 4.79 Å². The highest BCUT2D eigenvalue weighted by Gasteiger charge is 2.59. The van der Waals surface area contributed by atoms with Crippen LogP contribution in [0, 0.1) is 17.3 Å². The van der Waals surface area contributed by atoms with Crippen molar-refractivity contribution < 1.29 is 9.53 Å². The highest BCUT2D eigenvalue weighted by molar-refractivity contribution is 5.72. The number of cyclic esters (lactones) is 1.